The van der Waals surface area contributed by atoms with Gasteiger partial charge in [0.05, 0.1) is 11.4 Å². The number of primary amides is 1. The summed E-state index contributed by atoms with van der Waals surface area (Å²) in [6.45, 7) is 4.77. The molecule has 0 saturated carbocycles. The van der Waals surface area contributed by atoms with Crippen molar-refractivity contribution in [1.82, 2.24) is 15.2 Å². The summed E-state index contributed by atoms with van der Waals surface area (Å²) in [6, 6.07) is 7.31. The largest absolute Gasteiger partial charge is 0.366 e. The van der Waals surface area contributed by atoms with Crippen LogP contribution in [-0.4, -0.2) is 27.6 Å². The van der Waals surface area contributed by atoms with Crippen LogP contribution in [0.5, 0.6) is 0 Å². The number of nitrogens with one attached hydrogen (secondary N) is 1. The summed E-state index contributed by atoms with van der Waals surface area (Å²) in [5.41, 5.74) is 8.77. The summed E-state index contributed by atoms with van der Waals surface area (Å²) in [5.74, 6) is 0.130. The van der Waals surface area contributed by atoms with Gasteiger partial charge in [-0.15, -0.1) is 5.10 Å². The molecule has 3 N–H and O–H groups in total. The summed E-state index contributed by atoms with van der Waals surface area (Å²) >= 11 is 0. The Bertz CT molecular complexity index is 657. The predicted molar refractivity (Wildman–Crippen MR) is 85.7 cm³/mol. The van der Waals surface area contributed by atoms with Gasteiger partial charge < -0.3 is 11.1 Å². The number of hydrogen-bond acceptors (Lipinski definition) is 5. The quantitative estimate of drug-likeness (QED) is 0.812. The highest BCUT2D eigenvalue weighted by Gasteiger charge is 2.06. The minimum Gasteiger partial charge on any atom is -0.366 e. The number of amides is 1. The van der Waals surface area contributed by atoms with Crippen molar-refractivity contribution in [3.8, 4) is 0 Å². The highest BCUT2D eigenvalue weighted by molar-refractivity contribution is 5.92. The minimum absolute atomic E-state index is 0.412. The van der Waals surface area contributed by atoms with Crippen LogP contribution in [0.2, 0.25) is 0 Å². The van der Waals surface area contributed by atoms with Crippen LogP contribution in [0.4, 0.5) is 5.95 Å². The van der Waals surface area contributed by atoms with Gasteiger partial charge >= 0.3 is 0 Å². The van der Waals surface area contributed by atoms with E-state index in [0.717, 1.165) is 36.2 Å². The van der Waals surface area contributed by atoms with Gasteiger partial charge in [0.2, 0.25) is 11.9 Å². The molecule has 1 amide bonds. The maximum atomic E-state index is 11.2. The molecule has 1 heterocycles. The topological polar surface area (TPSA) is 93.8 Å². The molecule has 22 heavy (non-hydrogen) atoms. The Morgan fingerprint density at radius 2 is 1.95 bits per heavy atom. The lowest BCUT2D eigenvalue weighted by atomic mass is 10.1. The number of rotatable bonds is 7. The van der Waals surface area contributed by atoms with Crippen LogP contribution in [-0.2, 0) is 19.3 Å². The molecule has 0 atom stereocenters. The monoisotopic (exact) mass is 299 g/mol. The average Bonchev–Trinajstić information content (AvgIpc) is 2.55. The standard InChI is InChI=1S/C16H21N5O/c1-3-13-14(4-2)20-21-16(19-13)18-9-8-11-6-5-7-12(10-11)15(17)22/h5-7,10H,3-4,8-9H2,1-2H3,(H2,17,22)(H,18,19,21). The van der Waals surface area contributed by atoms with Crippen LogP contribution in [0.1, 0.15) is 41.2 Å². The number of carbonyl (C=O) groups excluding carboxylic acids is 1. The van der Waals surface area contributed by atoms with Crippen molar-refractivity contribution in [3.63, 3.8) is 0 Å². The normalized spacial score (nSPS) is 10.5. The zero-order chi connectivity index (χ0) is 15.9. The van der Waals surface area contributed by atoms with Gasteiger partial charge in [0.1, 0.15) is 0 Å². The second-order valence-corrected chi connectivity index (χ2v) is 4.98. The van der Waals surface area contributed by atoms with Crippen molar-refractivity contribution in [3.05, 3.63) is 46.8 Å². The van der Waals surface area contributed by atoms with E-state index >= 15 is 0 Å². The number of anilines is 1. The van der Waals surface area contributed by atoms with E-state index in [1.165, 1.54) is 0 Å². The molecular weight excluding hydrogens is 278 g/mol. The Balaban J connectivity index is 1.96. The molecule has 0 fully saturated rings. The molecule has 1 aromatic heterocycles. The number of nitrogens with zero attached hydrogens (tertiary/aromatic N) is 3. The number of aryl methyl sites for hydroxylation is 2. The Kier molecular flexibility index (Phi) is 5.41. The number of hydrogen-bond donors (Lipinski definition) is 2. The number of nitrogens with two attached hydrogens (primary N) is 1. The van der Waals surface area contributed by atoms with Gasteiger partial charge in [0, 0.05) is 12.1 Å². The van der Waals surface area contributed by atoms with E-state index in [-0.39, 0.29) is 0 Å². The molecule has 116 valence electrons. The Morgan fingerprint density at radius 1 is 1.18 bits per heavy atom. The highest BCUT2D eigenvalue weighted by atomic mass is 16.1. The Labute approximate surface area is 130 Å². The van der Waals surface area contributed by atoms with Gasteiger partial charge in [-0.2, -0.15) is 5.10 Å². The lowest BCUT2D eigenvalue weighted by molar-refractivity contribution is 0.1000. The zero-order valence-corrected chi connectivity index (χ0v) is 13.0. The molecule has 0 spiro atoms. The summed E-state index contributed by atoms with van der Waals surface area (Å²) in [5, 5.41) is 11.5. The average molecular weight is 299 g/mol. The molecule has 6 nitrogen and oxygen atoms in total. The maximum absolute atomic E-state index is 11.2. The summed E-state index contributed by atoms with van der Waals surface area (Å²) in [4.78, 5) is 15.6. The molecule has 0 unspecified atom stereocenters. The number of aromatic nitrogens is 3. The zero-order valence-electron chi connectivity index (χ0n) is 13.0. The first-order valence-corrected chi connectivity index (χ1v) is 7.49. The second-order valence-electron chi connectivity index (χ2n) is 4.98. The summed E-state index contributed by atoms with van der Waals surface area (Å²) in [7, 11) is 0. The molecule has 0 bridgehead atoms. The number of carbonyl (C=O) groups is 1. The maximum Gasteiger partial charge on any atom is 0.248 e. The van der Waals surface area contributed by atoms with Gasteiger partial charge in [-0.3, -0.25) is 4.79 Å². The third-order valence-corrected chi connectivity index (χ3v) is 3.42. The summed E-state index contributed by atoms with van der Waals surface area (Å²) in [6.07, 6.45) is 2.43. The number of benzene rings is 1. The van der Waals surface area contributed by atoms with E-state index in [2.05, 4.69) is 27.4 Å². The van der Waals surface area contributed by atoms with Crippen molar-refractivity contribution < 1.29 is 4.79 Å². The lowest BCUT2D eigenvalue weighted by Gasteiger charge is -2.08. The van der Waals surface area contributed by atoms with Crippen LogP contribution >= 0.6 is 0 Å². The molecular formula is C16H21N5O. The van der Waals surface area contributed by atoms with Crippen LogP contribution in [0.3, 0.4) is 0 Å². The predicted octanol–water partition coefficient (Wildman–Crippen LogP) is 1.75. The Morgan fingerprint density at radius 3 is 2.64 bits per heavy atom. The second kappa shape index (κ2) is 7.49. The summed E-state index contributed by atoms with van der Waals surface area (Å²) < 4.78 is 0. The fourth-order valence-electron chi connectivity index (χ4n) is 2.21. The molecule has 2 aromatic rings. The molecule has 0 aliphatic rings. The molecule has 0 aliphatic carbocycles. The van der Waals surface area contributed by atoms with Crippen molar-refractivity contribution in [2.45, 2.75) is 33.1 Å². The van der Waals surface area contributed by atoms with E-state index in [1.807, 2.05) is 19.1 Å². The third kappa shape index (κ3) is 4.00. The molecule has 6 heteroatoms. The van der Waals surface area contributed by atoms with Crippen molar-refractivity contribution in [2.75, 3.05) is 11.9 Å². The van der Waals surface area contributed by atoms with Crippen LogP contribution in [0.25, 0.3) is 0 Å². The smallest absolute Gasteiger partial charge is 0.248 e. The Hall–Kier alpha value is -2.50. The van der Waals surface area contributed by atoms with Gasteiger partial charge in [0.15, 0.2) is 0 Å². The molecule has 1 aromatic carbocycles. The molecule has 0 aliphatic heterocycles. The first-order valence-electron chi connectivity index (χ1n) is 7.49. The fourth-order valence-corrected chi connectivity index (χ4v) is 2.21. The van der Waals surface area contributed by atoms with E-state index in [4.69, 9.17) is 5.73 Å². The van der Waals surface area contributed by atoms with Crippen LogP contribution in [0.15, 0.2) is 24.3 Å². The molecule has 0 radical (unpaired) electrons. The van der Waals surface area contributed by atoms with Gasteiger partial charge in [-0.1, -0.05) is 26.0 Å². The van der Waals surface area contributed by atoms with Crippen LogP contribution < -0.4 is 11.1 Å². The molecule has 0 saturated heterocycles. The van der Waals surface area contributed by atoms with Gasteiger partial charge in [-0.05, 0) is 37.0 Å². The van der Waals surface area contributed by atoms with Gasteiger partial charge in [0.25, 0.3) is 0 Å². The van der Waals surface area contributed by atoms with E-state index in [1.54, 1.807) is 12.1 Å². The third-order valence-electron chi connectivity index (χ3n) is 3.42. The van der Waals surface area contributed by atoms with Crippen LogP contribution in [0, 0.1) is 0 Å². The van der Waals surface area contributed by atoms with E-state index in [9.17, 15) is 4.79 Å². The highest BCUT2D eigenvalue weighted by Crippen LogP contribution is 2.08. The fraction of sp³-hybridized carbons (Fsp3) is 0.375. The van der Waals surface area contributed by atoms with Crippen molar-refractivity contribution in [2.24, 2.45) is 5.73 Å². The first-order chi connectivity index (χ1) is 10.6. The lowest BCUT2D eigenvalue weighted by Crippen LogP contribution is -2.13. The minimum atomic E-state index is -0.412. The van der Waals surface area contributed by atoms with Crippen molar-refractivity contribution >= 4 is 11.9 Å². The van der Waals surface area contributed by atoms with E-state index < -0.39 is 5.91 Å². The van der Waals surface area contributed by atoms with Crippen molar-refractivity contribution in [1.29, 1.82) is 0 Å². The van der Waals surface area contributed by atoms with Gasteiger partial charge in [-0.25, -0.2) is 4.98 Å². The SMILES string of the molecule is CCc1nnc(NCCc2cccc(C(N)=O)c2)nc1CC. The van der Waals surface area contributed by atoms with E-state index in [0.29, 0.717) is 18.1 Å². The molecule has 2 rings (SSSR count). The first kappa shape index (κ1) is 15.9.